The van der Waals surface area contributed by atoms with Crippen molar-refractivity contribution in [2.75, 3.05) is 7.11 Å². The molecule has 0 saturated carbocycles. The molecule has 2 N–H and O–H groups in total. The SMILES string of the molecule is COc1cc2c(C(=O)O)c(C)[nH]c2cc1F. The van der Waals surface area contributed by atoms with Gasteiger partial charge in [-0.1, -0.05) is 0 Å². The van der Waals surface area contributed by atoms with Gasteiger partial charge in [-0.3, -0.25) is 0 Å². The van der Waals surface area contributed by atoms with Gasteiger partial charge in [0.2, 0.25) is 0 Å². The Morgan fingerprint density at radius 3 is 2.75 bits per heavy atom. The fourth-order valence-electron chi connectivity index (χ4n) is 1.76. The zero-order valence-electron chi connectivity index (χ0n) is 8.80. The normalized spacial score (nSPS) is 10.7. The minimum Gasteiger partial charge on any atom is -0.494 e. The van der Waals surface area contributed by atoms with Gasteiger partial charge >= 0.3 is 5.97 Å². The van der Waals surface area contributed by atoms with Crippen LogP contribution < -0.4 is 4.74 Å². The molecular formula is C11H10FNO3. The van der Waals surface area contributed by atoms with E-state index < -0.39 is 11.8 Å². The molecular weight excluding hydrogens is 213 g/mol. The molecule has 1 aromatic heterocycles. The quantitative estimate of drug-likeness (QED) is 0.821. The molecule has 0 saturated heterocycles. The van der Waals surface area contributed by atoms with Crippen molar-refractivity contribution in [2.45, 2.75) is 6.92 Å². The van der Waals surface area contributed by atoms with Gasteiger partial charge in [0.25, 0.3) is 0 Å². The fourth-order valence-corrected chi connectivity index (χ4v) is 1.76. The molecule has 5 heteroatoms. The van der Waals surface area contributed by atoms with Crippen molar-refractivity contribution >= 4 is 16.9 Å². The highest BCUT2D eigenvalue weighted by atomic mass is 19.1. The molecule has 0 radical (unpaired) electrons. The second-order valence-electron chi connectivity index (χ2n) is 3.46. The first-order valence-electron chi connectivity index (χ1n) is 4.63. The summed E-state index contributed by atoms with van der Waals surface area (Å²) in [6.07, 6.45) is 0. The summed E-state index contributed by atoms with van der Waals surface area (Å²) in [5.74, 6) is -1.53. The first kappa shape index (κ1) is 10.5. The third-order valence-corrected chi connectivity index (χ3v) is 2.47. The van der Waals surface area contributed by atoms with Crippen LogP contribution in [0.2, 0.25) is 0 Å². The lowest BCUT2D eigenvalue weighted by atomic mass is 10.1. The summed E-state index contributed by atoms with van der Waals surface area (Å²) in [4.78, 5) is 13.9. The minimum atomic E-state index is -1.04. The molecule has 84 valence electrons. The Morgan fingerprint density at radius 1 is 1.50 bits per heavy atom. The summed E-state index contributed by atoms with van der Waals surface area (Å²) < 4.78 is 18.2. The minimum absolute atomic E-state index is 0.0361. The van der Waals surface area contributed by atoms with E-state index >= 15 is 0 Å². The lowest BCUT2D eigenvalue weighted by Crippen LogP contribution is -1.97. The van der Waals surface area contributed by atoms with E-state index in [4.69, 9.17) is 9.84 Å². The van der Waals surface area contributed by atoms with Gasteiger partial charge in [-0.25, -0.2) is 9.18 Å². The predicted octanol–water partition coefficient (Wildman–Crippen LogP) is 2.32. The number of aryl methyl sites for hydroxylation is 1. The van der Waals surface area contributed by atoms with Gasteiger partial charge in [0.05, 0.1) is 12.7 Å². The summed E-state index contributed by atoms with van der Waals surface area (Å²) in [6, 6.07) is 2.62. The zero-order valence-corrected chi connectivity index (χ0v) is 8.80. The molecule has 2 aromatic rings. The number of H-pyrrole nitrogens is 1. The zero-order chi connectivity index (χ0) is 11.9. The van der Waals surface area contributed by atoms with Gasteiger partial charge in [-0.2, -0.15) is 0 Å². The number of ether oxygens (including phenoxy) is 1. The van der Waals surface area contributed by atoms with Crippen LogP contribution in [0.4, 0.5) is 4.39 Å². The molecule has 4 nitrogen and oxygen atoms in total. The van der Waals surface area contributed by atoms with Crippen molar-refractivity contribution in [2.24, 2.45) is 0 Å². The lowest BCUT2D eigenvalue weighted by Gasteiger charge is -2.01. The summed E-state index contributed by atoms with van der Waals surface area (Å²) in [5.41, 5.74) is 1.09. The van der Waals surface area contributed by atoms with E-state index in [1.807, 2.05) is 0 Å². The molecule has 0 fully saturated rings. The Labute approximate surface area is 90.7 Å². The van der Waals surface area contributed by atoms with Gasteiger partial charge in [-0.05, 0) is 13.0 Å². The number of benzene rings is 1. The van der Waals surface area contributed by atoms with Gasteiger partial charge < -0.3 is 14.8 Å². The molecule has 1 heterocycles. The van der Waals surface area contributed by atoms with E-state index in [2.05, 4.69) is 4.98 Å². The maximum Gasteiger partial charge on any atom is 0.338 e. The van der Waals surface area contributed by atoms with E-state index in [0.717, 1.165) is 0 Å². The van der Waals surface area contributed by atoms with Gasteiger partial charge in [0.15, 0.2) is 11.6 Å². The molecule has 0 aliphatic rings. The highest BCUT2D eigenvalue weighted by molar-refractivity contribution is 6.05. The van der Waals surface area contributed by atoms with Gasteiger partial charge in [0, 0.05) is 22.7 Å². The van der Waals surface area contributed by atoms with Crippen LogP contribution in [0, 0.1) is 12.7 Å². The number of carbonyl (C=O) groups is 1. The van der Waals surface area contributed by atoms with E-state index in [1.165, 1.54) is 19.2 Å². The number of methoxy groups -OCH3 is 1. The topological polar surface area (TPSA) is 62.3 Å². The summed E-state index contributed by atoms with van der Waals surface area (Å²) in [7, 11) is 1.34. The van der Waals surface area contributed by atoms with E-state index in [9.17, 15) is 9.18 Å². The van der Waals surface area contributed by atoms with Crippen LogP contribution >= 0.6 is 0 Å². The van der Waals surface area contributed by atoms with E-state index in [-0.39, 0.29) is 11.3 Å². The number of aromatic amines is 1. The first-order valence-corrected chi connectivity index (χ1v) is 4.63. The number of aromatic nitrogens is 1. The van der Waals surface area contributed by atoms with Crippen LogP contribution in [-0.2, 0) is 0 Å². The second-order valence-corrected chi connectivity index (χ2v) is 3.46. The van der Waals surface area contributed by atoms with E-state index in [1.54, 1.807) is 6.92 Å². The highest BCUT2D eigenvalue weighted by Crippen LogP contribution is 2.28. The van der Waals surface area contributed by atoms with Crippen molar-refractivity contribution in [3.8, 4) is 5.75 Å². The van der Waals surface area contributed by atoms with Crippen molar-refractivity contribution in [1.82, 2.24) is 4.98 Å². The molecule has 2 rings (SSSR count). The molecule has 16 heavy (non-hydrogen) atoms. The molecule has 0 spiro atoms. The monoisotopic (exact) mass is 223 g/mol. The van der Waals surface area contributed by atoms with Crippen molar-refractivity contribution < 1.29 is 19.0 Å². The second kappa shape index (κ2) is 3.52. The van der Waals surface area contributed by atoms with Crippen LogP contribution in [0.1, 0.15) is 16.1 Å². The molecule has 0 unspecified atom stereocenters. The molecule has 0 aliphatic carbocycles. The Morgan fingerprint density at radius 2 is 2.19 bits per heavy atom. The Bertz CT molecular complexity index is 574. The molecule has 1 aromatic carbocycles. The van der Waals surface area contributed by atoms with Crippen molar-refractivity contribution in [3.63, 3.8) is 0 Å². The Balaban J connectivity index is 2.82. The largest absolute Gasteiger partial charge is 0.494 e. The Hall–Kier alpha value is -2.04. The third-order valence-electron chi connectivity index (χ3n) is 2.47. The third kappa shape index (κ3) is 1.41. The number of nitrogens with one attached hydrogen (secondary N) is 1. The summed E-state index contributed by atoms with van der Waals surface area (Å²) in [5, 5.41) is 9.48. The number of carboxylic acids is 1. The molecule has 0 aliphatic heterocycles. The van der Waals surface area contributed by atoms with Crippen LogP contribution in [0.25, 0.3) is 10.9 Å². The lowest BCUT2D eigenvalue weighted by molar-refractivity contribution is 0.0698. The number of rotatable bonds is 2. The number of hydrogen-bond donors (Lipinski definition) is 2. The van der Waals surface area contributed by atoms with Crippen LogP contribution in [0.5, 0.6) is 5.75 Å². The summed E-state index contributed by atoms with van der Waals surface area (Å²) in [6.45, 7) is 1.63. The predicted molar refractivity (Wildman–Crippen MR) is 56.5 cm³/mol. The maximum atomic E-state index is 13.4. The summed E-state index contributed by atoms with van der Waals surface area (Å²) >= 11 is 0. The van der Waals surface area contributed by atoms with Gasteiger partial charge in [-0.15, -0.1) is 0 Å². The smallest absolute Gasteiger partial charge is 0.338 e. The number of hydrogen-bond acceptors (Lipinski definition) is 2. The standard InChI is InChI=1S/C11H10FNO3/c1-5-10(11(14)15)6-3-9(16-2)7(12)4-8(6)13-5/h3-4,13H,1-2H3,(H,14,15). The number of aromatic carboxylic acids is 1. The van der Waals surface area contributed by atoms with Crippen LogP contribution in [0.15, 0.2) is 12.1 Å². The van der Waals surface area contributed by atoms with Gasteiger partial charge in [0.1, 0.15) is 0 Å². The van der Waals surface area contributed by atoms with E-state index in [0.29, 0.717) is 16.6 Å². The average Bonchev–Trinajstić information content (AvgIpc) is 2.51. The fraction of sp³-hybridized carbons (Fsp3) is 0.182. The number of fused-ring (bicyclic) bond motifs is 1. The maximum absolute atomic E-state index is 13.4. The van der Waals surface area contributed by atoms with Crippen LogP contribution in [-0.4, -0.2) is 23.2 Å². The first-order chi connectivity index (χ1) is 7.54. The molecule has 0 amide bonds. The molecule has 0 atom stereocenters. The number of halogens is 1. The van der Waals surface area contributed by atoms with Crippen LogP contribution in [0.3, 0.4) is 0 Å². The Kier molecular flexibility index (Phi) is 2.30. The highest BCUT2D eigenvalue weighted by Gasteiger charge is 2.17. The number of carboxylic acid groups (broad SMARTS) is 1. The average molecular weight is 223 g/mol. The molecule has 0 bridgehead atoms. The van der Waals surface area contributed by atoms with Crippen molar-refractivity contribution in [3.05, 3.63) is 29.2 Å². The van der Waals surface area contributed by atoms with Crippen molar-refractivity contribution in [1.29, 1.82) is 0 Å².